The lowest BCUT2D eigenvalue weighted by Crippen LogP contribution is -2.20. The first-order valence-electron chi connectivity index (χ1n) is 7.39. The maximum atomic E-state index is 11.6. The number of nitriles is 1. The topological polar surface area (TPSA) is 122 Å². The van der Waals surface area contributed by atoms with Gasteiger partial charge in [-0.1, -0.05) is 0 Å². The van der Waals surface area contributed by atoms with E-state index in [0.29, 0.717) is 11.3 Å². The third-order valence-corrected chi connectivity index (χ3v) is 3.20. The molecular weight excluding hydrogens is 328 g/mol. The fraction of sp³-hybridized carbons (Fsp3) is 0.235. The third-order valence-electron chi connectivity index (χ3n) is 3.20. The zero-order chi connectivity index (χ0) is 18.4. The number of aliphatic carboxylic acids is 1. The highest BCUT2D eigenvalue weighted by atomic mass is 16.7. The van der Waals surface area contributed by atoms with Crippen molar-refractivity contribution in [1.82, 2.24) is 0 Å². The number of nitrogens with one attached hydrogen (secondary N) is 1. The molecule has 1 unspecified atom stereocenters. The highest BCUT2D eigenvalue weighted by molar-refractivity contribution is 5.79. The van der Waals surface area contributed by atoms with Gasteiger partial charge in [0.25, 0.3) is 0 Å². The van der Waals surface area contributed by atoms with Crippen LogP contribution >= 0.6 is 0 Å². The Hall–Kier alpha value is -3.47. The molecule has 1 atom stereocenters. The number of rotatable bonds is 6. The van der Waals surface area contributed by atoms with Gasteiger partial charge in [-0.25, -0.2) is 9.59 Å². The molecule has 0 fully saturated rings. The van der Waals surface area contributed by atoms with Gasteiger partial charge in [0.05, 0.1) is 18.2 Å². The number of aryl methyl sites for hydroxylation is 1. The van der Waals surface area contributed by atoms with Gasteiger partial charge >= 0.3 is 12.1 Å². The molecule has 0 bridgehead atoms. The minimum absolute atomic E-state index is 0.0636. The first kappa shape index (κ1) is 17.9. The van der Waals surface area contributed by atoms with Crippen LogP contribution in [0, 0.1) is 18.3 Å². The molecule has 2 N–H and O–H groups in total. The van der Waals surface area contributed by atoms with Gasteiger partial charge in [-0.15, -0.1) is 0 Å². The summed E-state index contributed by atoms with van der Waals surface area (Å²) >= 11 is 0. The van der Waals surface area contributed by atoms with Gasteiger partial charge in [0, 0.05) is 11.8 Å². The second-order valence-electron chi connectivity index (χ2n) is 4.96. The SMILES string of the molecule is CCOC(=O)Oc1cc(C(Nc2ccc(C#N)cc2)C(=O)O)oc1C. The summed E-state index contributed by atoms with van der Waals surface area (Å²) in [5, 5.41) is 21.0. The van der Waals surface area contributed by atoms with Gasteiger partial charge in [0.2, 0.25) is 0 Å². The van der Waals surface area contributed by atoms with Crippen LogP contribution < -0.4 is 10.1 Å². The number of nitrogens with zero attached hydrogens (tertiary/aromatic N) is 1. The van der Waals surface area contributed by atoms with Crippen LogP contribution in [-0.2, 0) is 9.53 Å². The number of hydrogen-bond donors (Lipinski definition) is 2. The summed E-state index contributed by atoms with van der Waals surface area (Å²) in [5.74, 6) is -0.785. The lowest BCUT2D eigenvalue weighted by Gasteiger charge is -2.13. The van der Waals surface area contributed by atoms with Crippen molar-refractivity contribution in [3.05, 3.63) is 47.4 Å². The number of carboxylic acids is 1. The van der Waals surface area contributed by atoms with E-state index in [-0.39, 0.29) is 23.9 Å². The zero-order valence-electron chi connectivity index (χ0n) is 13.6. The van der Waals surface area contributed by atoms with Gasteiger partial charge in [-0.2, -0.15) is 5.26 Å². The normalized spacial score (nSPS) is 11.2. The maximum Gasteiger partial charge on any atom is 0.513 e. The summed E-state index contributed by atoms with van der Waals surface area (Å²) in [7, 11) is 0. The van der Waals surface area contributed by atoms with Crippen molar-refractivity contribution in [2.24, 2.45) is 0 Å². The summed E-state index contributed by atoms with van der Waals surface area (Å²) in [6.07, 6.45) is -0.898. The van der Waals surface area contributed by atoms with E-state index >= 15 is 0 Å². The summed E-state index contributed by atoms with van der Waals surface area (Å²) < 4.78 is 15.0. The Morgan fingerprint density at radius 3 is 2.60 bits per heavy atom. The van der Waals surface area contributed by atoms with E-state index in [1.807, 2.05) is 6.07 Å². The van der Waals surface area contributed by atoms with Crippen molar-refractivity contribution in [3.63, 3.8) is 0 Å². The number of carboxylic acid groups (broad SMARTS) is 1. The lowest BCUT2D eigenvalue weighted by molar-refractivity contribution is -0.138. The molecule has 1 aromatic heterocycles. The quantitative estimate of drug-likeness (QED) is 0.766. The fourth-order valence-electron chi connectivity index (χ4n) is 2.03. The van der Waals surface area contributed by atoms with Gasteiger partial charge in [-0.3, -0.25) is 0 Å². The number of carbonyl (C=O) groups excluding carboxylic acids is 1. The third kappa shape index (κ3) is 4.51. The summed E-state index contributed by atoms with van der Waals surface area (Å²) in [6, 6.07) is 8.38. The second kappa shape index (κ2) is 7.88. The Morgan fingerprint density at radius 2 is 2.04 bits per heavy atom. The van der Waals surface area contributed by atoms with Crippen LogP contribution in [0.3, 0.4) is 0 Å². The predicted octanol–water partition coefficient (Wildman–Crippen LogP) is 3.23. The molecule has 0 saturated heterocycles. The van der Waals surface area contributed by atoms with E-state index in [1.165, 1.54) is 6.07 Å². The van der Waals surface area contributed by atoms with E-state index in [2.05, 4.69) is 10.1 Å². The molecule has 0 amide bonds. The number of anilines is 1. The van der Waals surface area contributed by atoms with E-state index < -0.39 is 18.2 Å². The van der Waals surface area contributed by atoms with Crippen molar-refractivity contribution in [2.75, 3.05) is 11.9 Å². The van der Waals surface area contributed by atoms with Crippen molar-refractivity contribution >= 4 is 17.8 Å². The highest BCUT2D eigenvalue weighted by Gasteiger charge is 2.26. The molecule has 25 heavy (non-hydrogen) atoms. The van der Waals surface area contributed by atoms with Crippen LogP contribution in [0.1, 0.15) is 30.0 Å². The van der Waals surface area contributed by atoms with Crippen LogP contribution in [0.2, 0.25) is 0 Å². The molecule has 0 aliphatic heterocycles. The lowest BCUT2D eigenvalue weighted by atomic mass is 10.2. The average molecular weight is 344 g/mol. The highest BCUT2D eigenvalue weighted by Crippen LogP contribution is 2.29. The molecule has 1 heterocycles. The van der Waals surface area contributed by atoms with Crippen molar-refractivity contribution in [2.45, 2.75) is 19.9 Å². The van der Waals surface area contributed by atoms with Gasteiger partial charge in [0.15, 0.2) is 11.8 Å². The number of carbonyl (C=O) groups is 2. The standard InChI is InChI=1S/C17H16N2O6/c1-3-23-17(22)25-13-8-14(24-10(13)2)15(16(20)21)19-12-6-4-11(9-18)5-7-12/h4-8,15,19H,3H2,1-2H3,(H,20,21). The van der Waals surface area contributed by atoms with E-state index in [4.69, 9.17) is 14.4 Å². The predicted molar refractivity (Wildman–Crippen MR) is 86.3 cm³/mol. The van der Waals surface area contributed by atoms with Crippen LogP contribution in [0.15, 0.2) is 34.7 Å². The Labute approximate surface area is 143 Å². The minimum atomic E-state index is -1.20. The molecule has 8 heteroatoms. The number of benzene rings is 1. The Morgan fingerprint density at radius 1 is 1.36 bits per heavy atom. The van der Waals surface area contributed by atoms with Gasteiger partial charge < -0.3 is 24.3 Å². The molecular formula is C17H16N2O6. The van der Waals surface area contributed by atoms with Crippen LogP contribution in [0.25, 0.3) is 0 Å². The van der Waals surface area contributed by atoms with Crippen molar-refractivity contribution in [3.8, 4) is 11.8 Å². The van der Waals surface area contributed by atoms with E-state index in [0.717, 1.165) is 0 Å². The Bertz CT molecular complexity index is 804. The Kier molecular flexibility index (Phi) is 5.63. The number of ether oxygens (including phenoxy) is 2. The Balaban J connectivity index is 2.21. The number of hydrogen-bond acceptors (Lipinski definition) is 7. The first-order valence-corrected chi connectivity index (χ1v) is 7.39. The molecule has 8 nitrogen and oxygen atoms in total. The largest absolute Gasteiger partial charge is 0.513 e. The molecule has 0 aliphatic carbocycles. The maximum absolute atomic E-state index is 11.6. The van der Waals surface area contributed by atoms with Gasteiger partial charge in [0.1, 0.15) is 11.5 Å². The molecule has 0 spiro atoms. The van der Waals surface area contributed by atoms with Crippen LogP contribution in [0.5, 0.6) is 5.75 Å². The monoisotopic (exact) mass is 344 g/mol. The van der Waals surface area contributed by atoms with E-state index in [9.17, 15) is 14.7 Å². The molecule has 0 radical (unpaired) electrons. The van der Waals surface area contributed by atoms with E-state index in [1.54, 1.807) is 38.1 Å². The zero-order valence-corrected chi connectivity index (χ0v) is 13.6. The second-order valence-corrected chi connectivity index (χ2v) is 4.96. The smallest absolute Gasteiger partial charge is 0.479 e. The summed E-state index contributed by atoms with van der Waals surface area (Å²) in [5.41, 5.74) is 0.949. The average Bonchev–Trinajstić information content (AvgIpc) is 2.93. The molecule has 2 rings (SSSR count). The van der Waals surface area contributed by atoms with Crippen molar-refractivity contribution < 1.29 is 28.6 Å². The van der Waals surface area contributed by atoms with Crippen LogP contribution in [-0.4, -0.2) is 23.8 Å². The molecule has 2 aromatic rings. The molecule has 0 aliphatic rings. The summed E-state index contributed by atoms with van der Waals surface area (Å²) in [4.78, 5) is 23.0. The fourth-order valence-corrected chi connectivity index (χ4v) is 2.03. The minimum Gasteiger partial charge on any atom is -0.479 e. The summed E-state index contributed by atoms with van der Waals surface area (Å²) in [6.45, 7) is 3.33. The van der Waals surface area contributed by atoms with Crippen molar-refractivity contribution in [1.29, 1.82) is 5.26 Å². The van der Waals surface area contributed by atoms with Crippen LogP contribution in [0.4, 0.5) is 10.5 Å². The van der Waals surface area contributed by atoms with Gasteiger partial charge in [-0.05, 0) is 38.1 Å². The number of furan rings is 1. The molecule has 0 saturated carbocycles. The first-order chi connectivity index (χ1) is 11.9. The molecule has 130 valence electrons. The molecule has 1 aromatic carbocycles.